The molecule has 1 unspecified atom stereocenters. The highest BCUT2D eigenvalue weighted by molar-refractivity contribution is 4.85. The summed E-state index contributed by atoms with van der Waals surface area (Å²) in [4.78, 5) is 2.26. The molecule has 0 aromatic heterocycles. The van der Waals surface area contributed by atoms with Crippen LogP contribution in [-0.4, -0.2) is 38.1 Å². The van der Waals surface area contributed by atoms with Crippen molar-refractivity contribution in [1.29, 1.82) is 0 Å². The Balaban J connectivity index is 1.91. The molecule has 1 aliphatic rings. The standard InChI is InChI=1S/C12H26N2/c1-4-12(11-7-8-11)13-9-5-6-10-14(2)3/h11-13H,4-10H2,1-3H3. The molecule has 1 fully saturated rings. The minimum Gasteiger partial charge on any atom is -0.314 e. The van der Waals surface area contributed by atoms with Crippen LogP contribution in [0.5, 0.6) is 0 Å². The lowest BCUT2D eigenvalue weighted by Crippen LogP contribution is -2.31. The first-order valence-electron chi connectivity index (χ1n) is 6.12. The number of rotatable bonds is 8. The fraction of sp³-hybridized carbons (Fsp3) is 1.00. The van der Waals surface area contributed by atoms with Gasteiger partial charge in [0.1, 0.15) is 0 Å². The van der Waals surface area contributed by atoms with Gasteiger partial charge in [-0.1, -0.05) is 6.92 Å². The molecule has 0 saturated heterocycles. The average Bonchev–Trinajstić information content (AvgIpc) is 2.94. The first kappa shape index (κ1) is 12.0. The molecule has 14 heavy (non-hydrogen) atoms. The van der Waals surface area contributed by atoms with Gasteiger partial charge in [-0.25, -0.2) is 0 Å². The second-order valence-corrected chi connectivity index (χ2v) is 4.82. The van der Waals surface area contributed by atoms with Gasteiger partial charge in [-0.15, -0.1) is 0 Å². The molecule has 1 saturated carbocycles. The Morgan fingerprint density at radius 1 is 1.29 bits per heavy atom. The zero-order valence-corrected chi connectivity index (χ0v) is 10.1. The summed E-state index contributed by atoms with van der Waals surface area (Å²) in [6.07, 6.45) is 6.87. The quantitative estimate of drug-likeness (QED) is 0.601. The van der Waals surface area contributed by atoms with Crippen LogP contribution in [-0.2, 0) is 0 Å². The van der Waals surface area contributed by atoms with Gasteiger partial charge in [0, 0.05) is 6.04 Å². The van der Waals surface area contributed by atoms with E-state index >= 15 is 0 Å². The van der Waals surface area contributed by atoms with E-state index in [4.69, 9.17) is 0 Å². The van der Waals surface area contributed by atoms with Crippen LogP contribution in [0.3, 0.4) is 0 Å². The van der Waals surface area contributed by atoms with Crippen LogP contribution >= 0.6 is 0 Å². The highest BCUT2D eigenvalue weighted by Gasteiger charge is 2.28. The summed E-state index contributed by atoms with van der Waals surface area (Å²) < 4.78 is 0. The van der Waals surface area contributed by atoms with Crippen molar-refractivity contribution in [1.82, 2.24) is 10.2 Å². The third kappa shape index (κ3) is 4.97. The maximum atomic E-state index is 3.69. The highest BCUT2D eigenvalue weighted by Crippen LogP contribution is 2.33. The SMILES string of the molecule is CCC(NCCCCN(C)C)C1CC1. The van der Waals surface area contributed by atoms with E-state index in [2.05, 4.69) is 31.2 Å². The number of unbranched alkanes of at least 4 members (excludes halogenated alkanes) is 1. The zero-order valence-electron chi connectivity index (χ0n) is 10.1. The lowest BCUT2D eigenvalue weighted by Gasteiger charge is -2.16. The van der Waals surface area contributed by atoms with Gasteiger partial charge in [0.25, 0.3) is 0 Å². The minimum atomic E-state index is 0.814. The van der Waals surface area contributed by atoms with E-state index in [-0.39, 0.29) is 0 Å². The number of nitrogens with zero attached hydrogens (tertiary/aromatic N) is 1. The maximum Gasteiger partial charge on any atom is 0.00927 e. The summed E-state index contributed by atoms with van der Waals surface area (Å²) >= 11 is 0. The van der Waals surface area contributed by atoms with E-state index in [1.54, 1.807) is 0 Å². The molecule has 2 heteroatoms. The minimum absolute atomic E-state index is 0.814. The molecular weight excluding hydrogens is 172 g/mol. The normalized spacial score (nSPS) is 18.9. The summed E-state index contributed by atoms with van der Waals surface area (Å²) in [5, 5.41) is 3.69. The molecule has 1 N–H and O–H groups in total. The van der Waals surface area contributed by atoms with Gasteiger partial charge >= 0.3 is 0 Å². The second kappa shape index (κ2) is 6.41. The maximum absolute atomic E-state index is 3.69. The summed E-state index contributed by atoms with van der Waals surface area (Å²) in [5.74, 6) is 1.01. The van der Waals surface area contributed by atoms with E-state index in [0.717, 1.165) is 12.0 Å². The lowest BCUT2D eigenvalue weighted by molar-refractivity contribution is 0.381. The van der Waals surface area contributed by atoms with Crippen molar-refractivity contribution in [2.45, 2.75) is 45.1 Å². The van der Waals surface area contributed by atoms with E-state index in [0.29, 0.717) is 0 Å². The van der Waals surface area contributed by atoms with E-state index in [1.165, 1.54) is 45.2 Å². The van der Waals surface area contributed by atoms with Crippen molar-refractivity contribution >= 4 is 0 Å². The predicted octanol–water partition coefficient (Wildman–Crippen LogP) is 2.11. The number of hydrogen-bond donors (Lipinski definition) is 1. The first-order chi connectivity index (χ1) is 6.74. The van der Waals surface area contributed by atoms with Gasteiger partial charge in [-0.05, 0) is 65.2 Å². The topological polar surface area (TPSA) is 15.3 Å². The average molecular weight is 198 g/mol. The van der Waals surface area contributed by atoms with Crippen molar-refractivity contribution in [2.75, 3.05) is 27.2 Å². The van der Waals surface area contributed by atoms with Crippen molar-refractivity contribution in [3.8, 4) is 0 Å². The van der Waals surface area contributed by atoms with E-state index in [1.807, 2.05) is 0 Å². The van der Waals surface area contributed by atoms with Crippen LogP contribution in [0.4, 0.5) is 0 Å². The fourth-order valence-electron chi connectivity index (χ4n) is 1.98. The molecule has 0 heterocycles. The number of nitrogens with one attached hydrogen (secondary N) is 1. The second-order valence-electron chi connectivity index (χ2n) is 4.82. The summed E-state index contributed by atoms with van der Waals surface area (Å²) in [5.41, 5.74) is 0. The Morgan fingerprint density at radius 3 is 2.50 bits per heavy atom. The Bertz CT molecular complexity index is 141. The number of hydrogen-bond acceptors (Lipinski definition) is 2. The third-order valence-electron chi connectivity index (χ3n) is 3.07. The molecule has 1 rings (SSSR count). The molecular formula is C12H26N2. The van der Waals surface area contributed by atoms with Gasteiger partial charge in [-0.2, -0.15) is 0 Å². The fourth-order valence-corrected chi connectivity index (χ4v) is 1.98. The Kier molecular flexibility index (Phi) is 5.49. The highest BCUT2D eigenvalue weighted by atomic mass is 15.0. The third-order valence-corrected chi connectivity index (χ3v) is 3.07. The van der Waals surface area contributed by atoms with Crippen LogP contribution in [0.25, 0.3) is 0 Å². The van der Waals surface area contributed by atoms with Crippen molar-refractivity contribution in [2.24, 2.45) is 5.92 Å². The van der Waals surface area contributed by atoms with Crippen molar-refractivity contribution in [3.63, 3.8) is 0 Å². The molecule has 0 amide bonds. The van der Waals surface area contributed by atoms with Gasteiger partial charge in [-0.3, -0.25) is 0 Å². The van der Waals surface area contributed by atoms with Crippen LogP contribution in [0.1, 0.15) is 39.0 Å². The smallest absolute Gasteiger partial charge is 0.00927 e. The molecule has 0 bridgehead atoms. The van der Waals surface area contributed by atoms with Crippen LogP contribution in [0, 0.1) is 5.92 Å². The van der Waals surface area contributed by atoms with Crippen molar-refractivity contribution < 1.29 is 0 Å². The molecule has 0 spiro atoms. The van der Waals surface area contributed by atoms with Crippen LogP contribution in [0.15, 0.2) is 0 Å². The van der Waals surface area contributed by atoms with Crippen LogP contribution < -0.4 is 5.32 Å². The zero-order chi connectivity index (χ0) is 10.4. The van der Waals surface area contributed by atoms with Gasteiger partial charge in [0.05, 0.1) is 0 Å². The first-order valence-corrected chi connectivity index (χ1v) is 6.12. The molecule has 2 nitrogen and oxygen atoms in total. The van der Waals surface area contributed by atoms with Gasteiger partial charge < -0.3 is 10.2 Å². The van der Waals surface area contributed by atoms with E-state index in [9.17, 15) is 0 Å². The largest absolute Gasteiger partial charge is 0.314 e. The Hall–Kier alpha value is -0.0800. The molecule has 1 aliphatic carbocycles. The predicted molar refractivity (Wildman–Crippen MR) is 62.6 cm³/mol. The van der Waals surface area contributed by atoms with E-state index < -0.39 is 0 Å². The Labute approximate surface area is 89.1 Å². The molecule has 0 aliphatic heterocycles. The summed E-state index contributed by atoms with van der Waals surface area (Å²) in [7, 11) is 4.29. The molecule has 1 atom stereocenters. The molecule has 84 valence electrons. The van der Waals surface area contributed by atoms with Crippen LogP contribution in [0.2, 0.25) is 0 Å². The molecule has 0 aromatic rings. The lowest BCUT2D eigenvalue weighted by atomic mass is 10.1. The Morgan fingerprint density at radius 2 is 2.00 bits per heavy atom. The van der Waals surface area contributed by atoms with Gasteiger partial charge in [0.2, 0.25) is 0 Å². The van der Waals surface area contributed by atoms with Crippen molar-refractivity contribution in [3.05, 3.63) is 0 Å². The summed E-state index contributed by atoms with van der Waals surface area (Å²) in [6, 6.07) is 0.814. The molecule has 0 radical (unpaired) electrons. The van der Waals surface area contributed by atoms with Gasteiger partial charge in [0.15, 0.2) is 0 Å². The monoisotopic (exact) mass is 198 g/mol. The molecule has 0 aromatic carbocycles. The summed E-state index contributed by atoms with van der Waals surface area (Å²) in [6.45, 7) is 4.74.